The van der Waals surface area contributed by atoms with Gasteiger partial charge in [-0.05, 0) is 6.92 Å². The maximum absolute atomic E-state index is 12.2. The Morgan fingerprint density at radius 3 is 2.69 bits per heavy atom. The van der Waals surface area contributed by atoms with Crippen molar-refractivity contribution in [3.8, 4) is 0 Å². The van der Waals surface area contributed by atoms with E-state index >= 15 is 0 Å². The molecule has 1 rings (SSSR count). The van der Waals surface area contributed by atoms with Gasteiger partial charge in [-0.15, -0.1) is 0 Å². The molecule has 0 aromatic carbocycles. The Morgan fingerprint density at radius 1 is 1.62 bits per heavy atom. The van der Waals surface area contributed by atoms with Gasteiger partial charge in [0.05, 0.1) is 5.56 Å². The molecule has 0 atom stereocenters. The molecule has 0 aliphatic rings. The maximum Gasteiger partial charge on any atom is 0.269 e. The predicted molar refractivity (Wildman–Crippen MR) is 44.6 cm³/mol. The smallest absolute Gasteiger partial charge is 0.269 e. The summed E-state index contributed by atoms with van der Waals surface area (Å²) in [6, 6.07) is 0. The first-order chi connectivity index (χ1) is 6.07. The lowest BCUT2D eigenvalue weighted by molar-refractivity contribution is 0.149. The maximum atomic E-state index is 12.2. The van der Waals surface area contributed by atoms with Crippen molar-refractivity contribution in [2.75, 3.05) is 0 Å². The standard InChI is InChI=1S/C8H10F2N2O/c1-4-6(2-11)12-3-5(7(4)13)8(9)10/h3,8H,2,11H2,1H3,(H,12,13). The molecule has 0 amide bonds. The lowest BCUT2D eigenvalue weighted by Gasteiger charge is -2.04. The fourth-order valence-electron chi connectivity index (χ4n) is 1.07. The van der Waals surface area contributed by atoms with Gasteiger partial charge >= 0.3 is 0 Å². The van der Waals surface area contributed by atoms with Crippen LogP contribution in [-0.4, -0.2) is 4.98 Å². The zero-order chi connectivity index (χ0) is 10.0. The van der Waals surface area contributed by atoms with Crippen molar-refractivity contribution in [2.24, 2.45) is 5.73 Å². The molecule has 1 aromatic rings. The summed E-state index contributed by atoms with van der Waals surface area (Å²) in [5, 5.41) is 0. The number of aromatic nitrogens is 1. The first kappa shape index (κ1) is 9.85. The summed E-state index contributed by atoms with van der Waals surface area (Å²) in [5.74, 6) is 0. The average Bonchev–Trinajstić information content (AvgIpc) is 2.09. The van der Waals surface area contributed by atoms with Crippen molar-refractivity contribution in [3.05, 3.63) is 33.2 Å². The summed E-state index contributed by atoms with van der Waals surface area (Å²) < 4.78 is 24.4. The van der Waals surface area contributed by atoms with Crippen LogP contribution >= 0.6 is 0 Å². The molecule has 0 aliphatic carbocycles. The van der Waals surface area contributed by atoms with Crippen molar-refractivity contribution in [1.29, 1.82) is 0 Å². The van der Waals surface area contributed by atoms with Gasteiger partial charge in [0.1, 0.15) is 0 Å². The number of nitrogens with one attached hydrogen (secondary N) is 1. The van der Waals surface area contributed by atoms with E-state index in [0.29, 0.717) is 5.69 Å². The van der Waals surface area contributed by atoms with E-state index in [0.717, 1.165) is 6.20 Å². The second-order valence-corrected chi connectivity index (χ2v) is 2.68. The monoisotopic (exact) mass is 188 g/mol. The van der Waals surface area contributed by atoms with E-state index in [1.165, 1.54) is 6.92 Å². The minimum absolute atomic E-state index is 0.143. The van der Waals surface area contributed by atoms with Crippen molar-refractivity contribution >= 4 is 0 Å². The van der Waals surface area contributed by atoms with Crippen LogP contribution in [0, 0.1) is 6.92 Å². The van der Waals surface area contributed by atoms with Crippen LogP contribution in [0.1, 0.15) is 23.2 Å². The van der Waals surface area contributed by atoms with Crippen LogP contribution in [0.5, 0.6) is 0 Å². The van der Waals surface area contributed by atoms with Crippen LogP contribution in [0.4, 0.5) is 8.78 Å². The van der Waals surface area contributed by atoms with Gasteiger partial charge in [0.25, 0.3) is 6.43 Å². The first-order valence-corrected chi connectivity index (χ1v) is 3.77. The van der Waals surface area contributed by atoms with Crippen LogP contribution in [0.2, 0.25) is 0 Å². The second-order valence-electron chi connectivity index (χ2n) is 2.68. The molecule has 1 heterocycles. The summed E-state index contributed by atoms with van der Waals surface area (Å²) in [5.41, 5.74) is 4.91. The SMILES string of the molecule is Cc1c(CN)[nH]cc(C(F)F)c1=O. The number of pyridine rings is 1. The Bertz CT molecular complexity index is 360. The van der Waals surface area contributed by atoms with Crippen LogP contribution in [0.15, 0.2) is 11.0 Å². The first-order valence-electron chi connectivity index (χ1n) is 3.77. The van der Waals surface area contributed by atoms with Crippen molar-refractivity contribution in [1.82, 2.24) is 4.98 Å². The van der Waals surface area contributed by atoms with E-state index < -0.39 is 17.4 Å². The normalized spacial score (nSPS) is 10.8. The van der Waals surface area contributed by atoms with Crippen LogP contribution in [0.3, 0.4) is 0 Å². The number of H-pyrrole nitrogens is 1. The molecule has 0 aliphatic heterocycles. The summed E-state index contributed by atoms with van der Waals surface area (Å²) in [7, 11) is 0. The van der Waals surface area contributed by atoms with Crippen molar-refractivity contribution < 1.29 is 8.78 Å². The number of rotatable bonds is 2. The van der Waals surface area contributed by atoms with E-state index in [4.69, 9.17) is 5.73 Å². The zero-order valence-corrected chi connectivity index (χ0v) is 7.10. The molecule has 1 aromatic heterocycles. The molecular formula is C8H10F2N2O. The lowest BCUT2D eigenvalue weighted by atomic mass is 10.1. The van der Waals surface area contributed by atoms with Crippen LogP contribution in [-0.2, 0) is 6.54 Å². The van der Waals surface area contributed by atoms with Gasteiger partial charge in [0.2, 0.25) is 0 Å². The number of hydrogen-bond acceptors (Lipinski definition) is 2. The average molecular weight is 188 g/mol. The number of halogens is 2. The molecule has 3 nitrogen and oxygen atoms in total. The predicted octanol–water partition coefficient (Wildman–Crippen LogP) is 1.08. The Hall–Kier alpha value is -1.23. The van der Waals surface area contributed by atoms with Gasteiger partial charge < -0.3 is 10.7 Å². The van der Waals surface area contributed by atoms with Gasteiger partial charge in [-0.25, -0.2) is 8.78 Å². The van der Waals surface area contributed by atoms with Gasteiger partial charge in [-0.3, -0.25) is 4.79 Å². The third kappa shape index (κ3) is 1.75. The fraction of sp³-hybridized carbons (Fsp3) is 0.375. The Balaban J connectivity index is 3.32. The van der Waals surface area contributed by atoms with E-state index in [1.807, 2.05) is 0 Å². The highest BCUT2D eigenvalue weighted by atomic mass is 19.3. The highest BCUT2D eigenvalue weighted by Gasteiger charge is 2.14. The van der Waals surface area contributed by atoms with E-state index in [1.54, 1.807) is 0 Å². The molecule has 0 unspecified atom stereocenters. The third-order valence-corrected chi connectivity index (χ3v) is 1.90. The van der Waals surface area contributed by atoms with Gasteiger partial charge in [-0.2, -0.15) is 0 Å². The molecule has 0 bridgehead atoms. The van der Waals surface area contributed by atoms with E-state index in [2.05, 4.69) is 4.98 Å². The Labute approximate surface area is 73.6 Å². The molecule has 13 heavy (non-hydrogen) atoms. The minimum atomic E-state index is -2.74. The third-order valence-electron chi connectivity index (χ3n) is 1.90. The molecular weight excluding hydrogens is 178 g/mol. The highest BCUT2D eigenvalue weighted by molar-refractivity contribution is 5.24. The second kappa shape index (κ2) is 3.66. The fourth-order valence-corrected chi connectivity index (χ4v) is 1.07. The molecule has 0 radical (unpaired) electrons. The Kier molecular flexibility index (Phi) is 2.77. The van der Waals surface area contributed by atoms with Crippen LogP contribution in [0.25, 0.3) is 0 Å². The molecule has 0 spiro atoms. The molecule has 0 saturated heterocycles. The number of alkyl halides is 2. The molecule has 5 heteroatoms. The molecule has 72 valence electrons. The van der Waals surface area contributed by atoms with Gasteiger partial charge in [0, 0.05) is 24.0 Å². The molecule has 3 N–H and O–H groups in total. The van der Waals surface area contributed by atoms with Crippen LogP contribution < -0.4 is 11.2 Å². The lowest BCUT2D eigenvalue weighted by Crippen LogP contribution is -2.17. The van der Waals surface area contributed by atoms with Gasteiger partial charge in [-0.1, -0.05) is 0 Å². The molecule has 0 fully saturated rings. The quantitative estimate of drug-likeness (QED) is 0.729. The topological polar surface area (TPSA) is 58.9 Å². The van der Waals surface area contributed by atoms with Gasteiger partial charge in [0.15, 0.2) is 5.43 Å². The summed E-state index contributed by atoms with van der Waals surface area (Å²) in [6.07, 6.45) is -1.73. The highest BCUT2D eigenvalue weighted by Crippen LogP contribution is 2.14. The summed E-state index contributed by atoms with van der Waals surface area (Å²) in [4.78, 5) is 13.8. The summed E-state index contributed by atoms with van der Waals surface area (Å²) in [6.45, 7) is 1.62. The number of nitrogens with two attached hydrogens (primary N) is 1. The van der Waals surface area contributed by atoms with Crippen molar-refractivity contribution in [3.63, 3.8) is 0 Å². The van der Waals surface area contributed by atoms with Crippen molar-refractivity contribution in [2.45, 2.75) is 19.9 Å². The zero-order valence-electron chi connectivity index (χ0n) is 7.10. The Morgan fingerprint density at radius 2 is 2.23 bits per heavy atom. The molecule has 0 saturated carbocycles. The minimum Gasteiger partial charge on any atom is -0.363 e. The van der Waals surface area contributed by atoms with E-state index in [-0.39, 0.29) is 12.1 Å². The number of aromatic amines is 1. The largest absolute Gasteiger partial charge is 0.363 e. The van der Waals surface area contributed by atoms with E-state index in [9.17, 15) is 13.6 Å². The number of hydrogen-bond donors (Lipinski definition) is 2. The summed E-state index contributed by atoms with van der Waals surface area (Å²) >= 11 is 0.